The summed E-state index contributed by atoms with van der Waals surface area (Å²) in [5.41, 5.74) is 1.65. The van der Waals surface area contributed by atoms with E-state index in [0.29, 0.717) is 11.5 Å². The minimum Gasteiger partial charge on any atom is -0.452 e. The summed E-state index contributed by atoms with van der Waals surface area (Å²) in [6, 6.07) is 7.49. The van der Waals surface area contributed by atoms with Gasteiger partial charge in [-0.3, -0.25) is 4.79 Å². The normalized spacial score (nSPS) is 21.2. The second-order valence-electron chi connectivity index (χ2n) is 6.06. The van der Waals surface area contributed by atoms with Crippen LogP contribution in [0.3, 0.4) is 0 Å². The van der Waals surface area contributed by atoms with Crippen LogP contribution in [-0.2, 0) is 16.0 Å². The number of nitrogens with one attached hydrogen (secondary N) is 1. The third-order valence-electron chi connectivity index (χ3n) is 4.39. The van der Waals surface area contributed by atoms with Crippen molar-refractivity contribution in [2.24, 2.45) is 5.92 Å². The molecule has 1 aliphatic rings. The van der Waals surface area contributed by atoms with Gasteiger partial charge in [0.2, 0.25) is 0 Å². The molecule has 0 aromatic heterocycles. The van der Waals surface area contributed by atoms with Crippen LogP contribution in [0.1, 0.15) is 55.5 Å². The molecule has 1 aromatic rings. The highest BCUT2D eigenvalue weighted by Gasteiger charge is 2.23. The van der Waals surface area contributed by atoms with Crippen molar-refractivity contribution < 1.29 is 14.3 Å². The molecule has 0 saturated heterocycles. The van der Waals surface area contributed by atoms with Crippen LogP contribution >= 0.6 is 0 Å². The first-order valence-corrected chi connectivity index (χ1v) is 8.15. The molecule has 0 bridgehead atoms. The fourth-order valence-electron chi connectivity index (χ4n) is 2.87. The van der Waals surface area contributed by atoms with Gasteiger partial charge in [-0.25, -0.2) is 4.79 Å². The van der Waals surface area contributed by atoms with E-state index in [0.717, 1.165) is 25.7 Å². The average Bonchev–Trinajstić information content (AvgIpc) is 2.55. The summed E-state index contributed by atoms with van der Waals surface area (Å²) in [6.07, 6.45) is 5.47. The fourth-order valence-corrected chi connectivity index (χ4v) is 2.87. The van der Waals surface area contributed by atoms with Crippen molar-refractivity contribution in [3.8, 4) is 0 Å². The minimum absolute atomic E-state index is 0.211. The molecule has 1 N–H and O–H groups in total. The highest BCUT2D eigenvalue weighted by Crippen LogP contribution is 2.23. The second kappa shape index (κ2) is 7.97. The van der Waals surface area contributed by atoms with Crippen molar-refractivity contribution in [3.05, 3.63) is 35.4 Å². The van der Waals surface area contributed by atoms with Crippen molar-refractivity contribution in [1.29, 1.82) is 0 Å². The maximum absolute atomic E-state index is 11.9. The highest BCUT2D eigenvalue weighted by molar-refractivity contribution is 5.91. The van der Waals surface area contributed by atoms with Crippen LogP contribution in [0.25, 0.3) is 0 Å². The van der Waals surface area contributed by atoms with Gasteiger partial charge in [0.15, 0.2) is 6.61 Å². The number of benzene rings is 1. The number of hydrogen-bond acceptors (Lipinski definition) is 3. The molecule has 0 radical (unpaired) electrons. The van der Waals surface area contributed by atoms with E-state index in [9.17, 15) is 9.59 Å². The Bertz CT molecular complexity index is 510. The van der Waals surface area contributed by atoms with Gasteiger partial charge in [-0.2, -0.15) is 0 Å². The fraction of sp³-hybridized carbons (Fsp3) is 0.556. The average molecular weight is 303 g/mol. The van der Waals surface area contributed by atoms with Crippen LogP contribution in [-0.4, -0.2) is 24.5 Å². The van der Waals surface area contributed by atoms with E-state index < -0.39 is 5.97 Å². The first kappa shape index (κ1) is 16.5. The van der Waals surface area contributed by atoms with E-state index in [-0.39, 0.29) is 18.6 Å². The van der Waals surface area contributed by atoms with Gasteiger partial charge in [-0.05, 0) is 42.9 Å². The molecule has 1 saturated carbocycles. The Morgan fingerprint density at radius 3 is 2.50 bits per heavy atom. The van der Waals surface area contributed by atoms with Gasteiger partial charge in [0.1, 0.15) is 0 Å². The number of hydrogen-bond donors (Lipinski definition) is 1. The molecular formula is C18H25NO3. The lowest BCUT2D eigenvalue weighted by Gasteiger charge is -2.29. The van der Waals surface area contributed by atoms with E-state index in [1.165, 1.54) is 12.0 Å². The van der Waals surface area contributed by atoms with Crippen LogP contribution < -0.4 is 5.32 Å². The van der Waals surface area contributed by atoms with E-state index in [4.69, 9.17) is 4.74 Å². The Labute approximate surface area is 132 Å². The quantitative estimate of drug-likeness (QED) is 0.850. The number of rotatable bonds is 5. The Hall–Kier alpha value is -1.84. The molecule has 2 rings (SSSR count). The summed E-state index contributed by atoms with van der Waals surface area (Å²) in [5.74, 6) is -0.165. The van der Waals surface area contributed by atoms with Crippen LogP contribution in [0.2, 0.25) is 0 Å². The first-order valence-electron chi connectivity index (χ1n) is 8.15. The van der Waals surface area contributed by atoms with Crippen molar-refractivity contribution >= 4 is 11.9 Å². The summed E-state index contributed by atoms with van der Waals surface area (Å²) in [7, 11) is 0. The zero-order valence-electron chi connectivity index (χ0n) is 13.4. The molecule has 2 atom stereocenters. The summed E-state index contributed by atoms with van der Waals surface area (Å²) in [4.78, 5) is 23.8. The number of amides is 1. The van der Waals surface area contributed by atoms with Crippen molar-refractivity contribution in [1.82, 2.24) is 5.32 Å². The van der Waals surface area contributed by atoms with Crippen LogP contribution in [0.15, 0.2) is 24.3 Å². The van der Waals surface area contributed by atoms with Crippen LogP contribution in [0.5, 0.6) is 0 Å². The molecule has 0 aliphatic heterocycles. The third-order valence-corrected chi connectivity index (χ3v) is 4.39. The molecule has 1 amide bonds. The third kappa shape index (κ3) is 4.58. The largest absolute Gasteiger partial charge is 0.452 e. The smallest absolute Gasteiger partial charge is 0.338 e. The number of carbonyl (C=O) groups excluding carboxylic acids is 2. The number of esters is 1. The lowest BCUT2D eigenvalue weighted by Crippen LogP contribution is -2.42. The predicted molar refractivity (Wildman–Crippen MR) is 85.7 cm³/mol. The molecule has 0 unspecified atom stereocenters. The highest BCUT2D eigenvalue weighted by atomic mass is 16.5. The topological polar surface area (TPSA) is 55.4 Å². The molecule has 1 aliphatic carbocycles. The summed E-state index contributed by atoms with van der Waals surface area (Å²) < 4.78 is 5.09. The summed E-state index contributed by atoms with van der Waals surface area (Å²) in [6.45, 7) is 4.01. The van der Waals surface area contributed by atoms with Crippen molar-refractivity contribution in [2.45, 2.75) is 52.0 Å². The van der Waals surface area contributed by atoms with Gasteiger partial charge in [-0.1, -0.05) is 38.8 Å². The zero-order chi connectivity index (χ0) is 15.9. The Morgan fingerprint density at radius 1 is 1.18 bits per heavy atom. The van der Waals surface area contributed by atoms with Gasteiger partial charge in [0.25, 0.3) is 5.91 Å². The minimum atomic E-state index is -0.450. The first-order chi connectivity index (χ1) is 10.6. The van der Waals surface area contributed by atoms with Gasteiger partial charge < -0.3 is 10.1 Å². The van der Waals surface area contributed by atoms with Crippen LogP contribution in [0.4, 0.5) is 0 Å². The van der Waals surface area contributed by atoms with E-state index in [1.807, 2.05) is 12.1 Å². The van der Waals surface area contributed by atoms with Gasteiger partial charge >= 0.3 is 5.97 Å². The Balaban J connectivity index is 1.78. The molecule has 22 heavy (non-hydrogen) atoms. The maximum atomic E-state index is 11.9. The summed E-state index contributed by atoms with van der Waals surface area (Å²) >= 11 is 0. The zero-order valence-corrected chi connectivity index (χ0v) is 13.4. The summed E-state index contributed by atoms with van der Waals surface area (Å²) in [5, 5.41) is 2.98. The lowest BCUT2D eigenvalue weighted by molar-refractivity contribution is -0.125. The Kier molecular flexibility index (Phi) is 5.99. The molecule has 1 aromatic carbocycles. The van der Waals surface area contributed by atoms with Crippen LogP contribution in [0, 0.1) is 5.92 Å². The number of ether oxygens (including phenoxy) is 1. The molecule has 0 spiro atoms. The molecule has 1 fully saturated rings. The Morgan fingerprint density at radius 2 is 1.86 bits per heavy atom. The molecular weight excluding hydrogens is 278 g/mol. The molecule has 4 heteroatoms. The second-order valence-corrected chi connectivity index (χ2v) is 6.06. The SMILES string of the molecule is CCc1ccc(C(=O)OCC(=O)N[C@H]2CCCC[C@@H]2C)cc1. The monoisotopic (exact) mass is 303 g/mol. The van der Waals surface area contributed by atoms with Crippen molar-refractivity contribution in [3.63, 3.8) is 0 Å². The molecule has 4 nitrogen and oxygen atoms in total. The standard InChI is InChI=1S/C18H25NO3/c1-3-14-8-10-15(11-9-14)18(21)22-12-17(20)19-16-7-5-4-6-13(16)2/h8-11,13,16H,3-7,12H2,1-2H3,(H,19,20)/t13-,16-/m0/s1. The maximum Gasteiger partial charge on any atom is 0.338 e. The lowest BCUT2D eigenvalue weighted by atomic mass is 9.86. The molecule has 0 heterocycles. The van der Waals surface area contributed by atoms with Crippen molar-refractivity contribution in [2.75, 3.05) is 6.61 Å². The van der Waals surface area contributed by atoms with E-state index >= 15 is 0 Å². The van der Waals surface area contributed by atoms with E-state index in [1.54, 1.807) is 12.1 Å². The number of aryl methyl sites for hydroxylation is 1. The molecule has 120 valence electrons. The number of carbonyl (C=O) groups is 2. The van der Waals surface area contributed by atoms with Gasteiger partial charge in [0.05, 0.1) is 5.56 Å². The van der Waals surface area contributed by atoms with E-state index in [2.05, 4.69) is 19.2 Å². The predicted octanol–water partition coefficient (Wildman–Crippen LogP) is 3.10. The van der Waals surface area contributed by atoms with Gasteiger partial charge in [0, 0.05) is 6.04 Å². The van der Waals surface area contributed by atoms with Gasteiger partial charge in [-0.15, -0.1) is 0 Å².